The molecule has 0 aliphatic rings. The maximum Gasteiger partial charge on any atom is 0.257 e. The summed E-state index contributed by atoms with van der Waals surface area (Å²) in [5, 5.41) is 6.16. The molecule has 0 aliphatic carbocycles. The van der Waals surface area contributed by atoms with Crippen LogP contribution in [-0.2, 0) is 0 Å². The summed E-state index contributed by atoms with van der Waals surface area (Å²) in [5.74, 6) is 0.222. The van der Waals surface area contributed by atoms with Gasteiger partial charge in [-0.25, -0.2) is 4.98 Å². The number of benzene rings is 2. The number of anilines is 1. The van der Waals surface area contributed by atoms with Gasteiger partial charge >= 0.3 is 0 Å². The lowest BCUT2D eigenvalue weighted by molar-refractivity contribution is 0.0978. The molecule has 1 aromatic heterocycles. The third kappa shape index (κ3) is 4.62. The van der Waals surface area contributed by atoms with Gasteiger partial charge in [0.1, 0.15) is 5.82 Å². The molecule has 124 valence electrons. The average molecular weight is 368 g/mol. The normalized spacial score (nSPS) is 10.1. The number of carbonyl (C=O) groups excluding carboxylic acids is 1. The third-order valence-electron chi connectivity index (χ3n) is 3.45. The molecule has 0 bridgehead atoms. The maximum atomic E-state index is 12.3. The zero-order chi connectivity index (χ0) is 17.6. The van der Waals surface area contributed by atoms with Crippen molar-refractivity contribution >= 4 is 40.7 Å². The zero-order valence-electron chi connectivity index (χ0n) is 13.1. The zero-order valence-corrected chi connectivity index (χ0v) is 14.6. The van der Waals surface area contributed by atoms with Gasteiger partial charge in [-0.1, -0.05) is 54.1 Å². The van der Waals surface area contributed by atoms with E-state index in [1.807, 2.05) is 42.5 Å². The summed E-state index contributed by atoms with van der Waals surface area (Å²) < 4.78 is 0. The molecule has 3 aromatic rings. The molecular weight excluding hydrogens is 354 g/mol. The number of aromatic nitrogens is 1. The van der Waals surface area contributed by atoms with E-state index in [0.717, 1.165) is 11.1 Å². The number of nitrogens with one attached hydrogen (secondary N) is 2. The van der Waals surface area contributed by atoms with Gasteiger partial charge in [0.05, 0.1) is 5.02 Å². The Balaban J connectivity index is 1.63. The van der Waals surface area contributed by atoms with Crippen LogP contribution in [-0.4, -0.2) is 16.0 Å². The summed E-state index contributed by atoms with van der Waals surface area (Å²) in [6.45, 7) is 0. The number of halogens is 1. The summed E-state index contributed by atoms with van der Waals surface area (Å²) in [6.07, 6.45) is 1.50. The highest BCUT2D eigenvalue weighted by Crippen LogP contribution is 2.19. The quantitative estimate of drug-likeness (QED) is 0.668. The topological polar surface area (TPSA) is 54.0 Å². The first-order valence-electron chi connectivity index (χ1n) is 7.51. The van der Waals surface area contributed by atoms with Gasteiger partial charge in [0.2, 0.25) is 0 Å². The monoisotopic (exact) mass is 367 g/mol. The van der Waals surface area contributed by atoms with E-state index >= 15 is 0 Å². The van der Waals surface area contributed by atoms with Gasteiger partial charge < -0.3 is 5.32 Å². The Morgan fingerprint density at radius 3 is 2.24 bits per heavy atom. The van der Waals surface area contributed by atoms with E-state index < -0.39 is 0 Å². The average Bonchev–Trinajstić information content (AvgIpc) is 2.64. The van der Waals surface area contributed by atoms with Crippen LogP contribution in [0.2, 0.25) is 5.02 Å². The van der Waals surface area contributed by atoms with Gasteiger partial charge in [-0.2, -0.15) is 0 Å². The molecule has 0 saturated heterocycles. The smallest absolute Gasteiger partial charge is 0.257 e. The minimum atomic E-state index is -0.286. The van der Waals surface area contributed by atoms with Crippen LogP contribution in [0.25, 0.3) is 11.1 Å². The van der Waals surface area contributed by atoms with Gasteiger partial charge in [-0.3, -0.25) is 10.1 Å². The standard InChI is InChI=1S/C19H14ClN3OS/c20-16-10-11-17(21-12-16)22-19(25)23-18(24)15-8-6-14(7-9-15)13-4-2-1-3-5-13/h1-12H,(H2,21,22,23,24,25). The van der Waals surface area contributed by atoms with E-state index in [-0.39, 0.29) is 11.0 Å². The molecule has 0 atom stereocenters. The summed E-state index contributed by atoms with van der Waals surface area (Å²) in [7, 11) is 0. The first-order chi connectivity index (χ1) is 12.1. The summed E-state index contributed by atoms with van der Waals surface area (Å²) >= 11 is 10.9. The van der Waals surface area contributed by atoms with Crippen LogP contribution in [0.3, 0.4) is 0 Å². The van der Waals surface area contributed by atoms with Crippen molar-refractivity contribution in [3.05, 3.63) is 83.5 Å². The summed E-state index contributed by atoms with van der Waals surface area (Å²) in [4.78, 5) is 16.3. The SMILES string of the molecule is O=C(NC(=S)Nc1ccc(Cl)cn1)c1ccc(-c2ccccc2)cc1. The number of hydrogen-bond acceptors (Lipinski definition) is 3. The van der Waals surface area contributed by atoms with Crippen LogP contribution in [0.15, 0.2) is 72.9 Å². The molecule has 2 N–H and O–H groups in total. The Morgan fingerprint density at radius 1 is 0.920 bits per heavy atom. The molecule has 0 saturated carbocycles. The van der Waals surface area contributed by atoms with E-state index in [0.29, 0.717) is 16.4 Å². The lowest BCUT2D eigenvalue weighted by Gasteiger charge is -2.09. The lowest BCUT2D eigenvalue weighted by atomic mass is 10.0. The Morgan fingerprint density at radius 2 is 1.60 bits per heavy atom. The molecule has 0 radical (unpaired) electrons. The van der Waals surface area contributed by atoms with Gasteiger partial charge in [-0.05, 0) is 47.6 Å². The molecule has 0 aliphatic heterocycles. The second-order valence-corrected chi connectivity index (χ2v) is 6.06. The van der Waals surface area contributed by atoms with Crippen molar-refractivity contribution in [2.24, 2.45) is 0 Å². The van der Waals surface area contributed by atoms with Gasteiger partial charge in [-0.15, -0.1) is 0 Å². The van der Waals surface area contributed by atoms with Crippen LogP contribution in [0.5, 0.6) is 0 Å². The Labute approximate surface area is 155 Å². The molecule has 1 amide bonds. The van der Waals surface area contributed by atoms with Gasteiger partial charge in [0, 0.05) is 11.8 Å². The summed E-state index contributed by atoms with van der Waals surface area (Å²) in [5.41, 5.74) is 2.66. The number of thiocarbonyl (C=S) groups is 1. The maximum absolute atomic E-state index is 12.3. The molecule has 0 unspecified atom stereocenters. The highest BCUT2D eigenvalue weighted by Gasteiger charge is 2.08. The van der Waals surface area contributed by atoms with E-state index in [9.17, 15) is 4.79 Å². The van der Waals surface area contributed by atoms with Crippen LogP contribution >= 0.6 is 23.8 Å². The number of nitrogens with zero attached hydrogens (tertiary/aromatic N) is 1. The minimum absolute atomic E-state index is 0.173. The highest BCUT2D eigenvalue weighted by molar-refractivity contribution is 7.80. The van der Waals surface area contributed by atoms with Crippen molar-refractivity contribution in [2.75, 3.05) is 5.32 Å². The largest absolute Gasteiger partial charge is 0.317 e. The lowest BCUT2D eigenvalue weighted by Crippen LogP contribution is -2.34. The molecule has 4 nitrogen and oxygen atoms in total. The molecule has 0 spiro atoms. The van der Waals surface area contributed by atoms with Crippen molar-refractivity contribution in [3.63, 3.8) is 0 Å². The Hall–Kier alpha value is -2.76. The van der Waals surface area contributed by atoms with Crippen molar-refractivity contribution in [1.82, 2.24) is 10.3 Å². The van der Waals surface area contributed by atoms with E-state index in [2.05, 4.69) is 15.6 Å². The van der Waals surface area contributed by atoms with Crippen LogP contribution in [0.4, 0.5) is 5.82 Å². The highest BCUT2D eigenvalue weighted by atomic mass is 35.5. The fourth-order valence-electron chi connectivity index (χ4n) is 2.22. The number of carbonyl (C=O) groups is 1. The van der Waals surface area contributed by atoms with Crippen molar-refractivity contribution in [3.8, 4) is 11.1 Å². The van der Waals surface area contributed by atoms with Crippen LogP contribution in [0.1, 0.15) is 10.4 Å². The second-order valence-electron chi connectivity index (χ2n) is 5.21. The van der Waals surface area contributed by atoms with Crippen molar-refractivity contribution < 1.29 is 4.79 Å². The molecule has 1 heterocycles. The molecular formula is C19H14ClN3OS. The second kappa shape index (κ2) is 7.88. The number of pyridine rings is 1. The summed E-state index contributed by atoms with van der Waals surface area (Å²) in [6, 6.07) is 20.7. The first kappa shape index (κ1) is 17.1. The molecule has 0 fully saturated rings. The minimum Gasteiger partial charge on any atom is -0.317 e. The van der Waals surface area contributed by atoms with Crippen molar-refractivity contribution in [1.29, 1.82) is 0 Å². The van der Waals surface area contributed by atoms with Crippen LogP contribution < -0.4 is 10.6 Å². The van der Waals surface area contributed by atoms with Crippen LogP contribution in [0, 0.1) is 0 Å². The fraction of sp³-hybridized carbons (Fsp3) is 0. The van der Waals surface area contributed by atoms with E-state index in [1.165, 1.54) is 6.20 Å². The number of rotatable bonds is 3. The molecule has 2 aromatic carbocycles. The fourth-order valence-corrected chi connectivity index (χ4v) is 2.53. The number of hydrogen-bond donors (Lipinski definition) is 2. The van der Waals surface area contributed by atoms with Gasteiger partial charge in [0.25, 0.3) is 5.91 Å². The number of amides is 1. The molecule has 6 heteroatoms. The predicted molar refractivity (Wildman–Crippen MR) is 105 cm³/mol. The Kier molecular flexibility index (Phi) is 5.38. The van der Waals surface area contributed by atoms with Gasteiger partial charge in [0.15, 0.2) is 5.11 Å². The first-order valence-corrected chi connectivity index (χ1v) is 8.30. The van der Waals surface area contributed by atoms with E-state index in [4.69, 9.17) is 23.8 Å². The van der Waals surface area contributed by atoms with E-state index in [1.54, 1.807) is 24.3 Å². The predicted octanol–water partition coefficient (Wildman–Crippen LogP) is 4.53. The Bertz CT molecular complexity index is 881. The van der Waals surface area contributed by atoms with Crippen molar-refractivity contribution in [2.45, 2.75) is 0 Å². The third-order valence-corrected chi connectivity index (χ3v) is 3.88. The molecule has 25 heavy (non-hydrogen) atoms. The molecule has 3 rings (SSSR count).